The van der Waals surface area contributed by atoms with Crippen molar-refractivity contribution in [1.29, 1.82) is 0 Å². The molecule has 1 aliphatic rings. The number of primary amides is 1. The van der Waals surface area contributed by atoms with Gasteiger partial charge in [0, 0.05) is 10.6 Å². The number of urea groups is 1. The number of nitrogens with one attached hydrogen (secondary N) is 1. The van der Waals surface area contributed by atoms with Gasteiger partial charge in [-0.15, -0.1) is 0 Å². The third-order valence-corrected chi connectivity index (χ3v) is 2.16. The molecule has 0 atom stereocenters. The second-order valence-electron chi connectivity index (χ2n) is 2.96. The number of hydrogen-bond acceptors (Lipinski definition) is 3. The number of hydrogen-bond donors (Lipinski definition) is 2. The van der Waals surface area contributed by atoms with Gasteiger partial charge in [0.15, 0.2) is 0 Å². The van der Waals surface area contributed by atoms with Crippen molar-refractivity contribution in [3.8, 4) is 5.75 Å². The quantitative estimate of drug-likeness (QED) is 0.703. The molecule has 0 unspecified atom stereocenters. The van der Waals surface area contributed by atoms with Crippen molar-refractivity contribution >= 4 is 23.3 Å². The molecule has 6 heteroatoms. The number of halogens is 1. The molecule has 2 amide bonds. The van der Waals surface area contributed by atoms with E-state index in [1.807, 2.05) is 0 Å². The molecule has 0 aromatic heterocycles. The summed E-state index contributed by atoms with van der Waals surface area (Å²) in [6, 6.07) is 4.51. The van der Waals surface area contributed by atoms with Crippen molar-refractivity contribution in [3.05, 3.63) is 28.8 Å². The smallest absolute Gasteiger partial charge is 0.332 e. The van der Waals surface area contributed by atoms with Crippen molar-refractivity contribution in [2.24, 2.45) is 10.8 Å². The molecule has 2 rings (SSSR count). The normalized spacial score (nSPS) is 15.9. The van der Waals surface area contributed by atoms with Gasteiger partial charge in [-0.25, -0.2) is 10.2 Å². The zero-order valence-corrected chi connectivity index (χ0v) is 8.41. The summed E-state index contributed by atoms with van der Waals surface area (Å²) in [5.41, 5.74) is 8.49. The number of benzene rings is 1. The molecular formula is C9H8ClN3O2. The Bertz CT molecular complexity index is 445. The molecule has 0 radical (unpaired) electrons. The van der Waals surface area contributed by atoms with E-state index in [-0.39, 0.29) is 0 Å². The average molecular weight is 226 g/mol. The molecule has 15 heavy (non-hydrogen) atoms. The van der Waals surface area contributed by atoms with Crippen LogP contribution in [-0.4, -0.2) is 18.3 Å². The van der Waals surface area contributed by atoms with Crippen molar-refractivity contribution in [1.82, 2.24) is 5.43 Å². The maximum absolute atomic E-state index is 10.5. The first-order valence-corrected chi connectivity index (χ1v) is 4.59. The Morgan fingerprint density at radius 1 is 1.60 bits per heavy atom. The van der Waals surface area contributed by atoms with Crippen LogP contribution in [0, 0.1) is 0 Å². The summed E-state index contributed by atoms with van der Waals surface area (Å²) in [5.74, 6) is 0.660. The minimum atomic E-state index is -0.704. The van der Waals surface area contributed by atoms with Gasteiger partial charge in [0.05, 0.1) is 0 Å². The molecule has 0 spiro atoms. The highest BCUT2D eigenvalue weighted by Gasteiger charge is 2.19. The van der Waals surface area contributed by atoms with E-state index in [0.29, 0.717) is 23.1 Å². The van der Waals surface area contributed by atoms with E-state index in [9.17, 15) is 4.79 Å². The lowest BCUT2D eigenvalue weighted by Gasteiger charge is -1.97. The number of nitrogens with two attached hydrogens (primary N) is 1. The monoisotopic (exact) mass is 225 g/mol. The van der Waals surface area contributed by atoms with Gasteiger partial charge in [-0.1, -0.05) is 11.6 Å². The third kappa shape index (κ3) is 2.02. The van der Waals surface area contributed by atoms with Gasteiger partial charge in [-0.3, -0.25) is 0 Å². The van der Waals surface area contributed by atoms with Crippen LogP contribution in [0.2, 0.25) is 5.02 Å². The number of fused-ring (bicyclic) bond motifs is 1. The van der Waals surface area contributed by atoms with Crippen LogP contribution in [0.15, 0.2) is 23.3 Å². The third-order valence-electron chi connectivity index (χ3n) is 1.92. The van der Waals surface area contributed by atoms with Crippen molar-refractivity contribution in [2.75, 3.05) is 6.61 Å². The van der Waals surface area contributed by atoms with Gasteiger partial charge in [0.1, 0.15) is 18.1 Å². The van der Waals surface area contributed by atoms with Gasteiger partial charge >= 0.3 is 6.03 Å². The first-order valence-electron chi connectivity index (χ1n) is 4.21. The Kier molecular flexibility index (Phi) is 2.47. The fourth-order valence-electron chi connectivity index (χ4n) is 1.29. The summed E-state index contributed by atoms with van der Waals surface area (Å²) in [4.78, 5) is 10.5. The maximum atomic E-state index is 10.5. The number of amides is 2. The number of rotatable bonds is 1. The molecule has 1 aromatic rings. The molecule has 1 heterocycles. The fourth-order valence-corrected chi connectivity index (χ4v) is 1.46. The van der Waals surface area contributed by atoms with Crippen LogP contribution in [0.1, 0.15) is 5.56 Å². The predicted octanol–water partition coefficient (Wildman–Crippen LogP) is 1.10. The SMILES string of the molecule is NC(=O)NN=C1COc2cc(Cl)ccc21. The summed E-state index contributed by atoms with van der Waals surface area (Å²) in [5, 5.41) is 4.41. The van der Waals surface area contributed by atoms with Crippen LogP contribution >= 0.6 is 11.6 Å². The highest BCUT2D eigenvalue weighted by Crippen LogP contribution is 2.28. The zero-order valence-electron chi connectivity index (χ0n) is 7.66. The first kappa shape index (κ1) is 9.79. The molecule has 0 aliphatic carbocycles. The molecule has 5 nitrogen and oxygen atoms in total. The molecule has 0 saturated heterocycles. The van der Waals surface area contributed by atoms with Crippen LogP contribution in [0.3, 0.4) is 0 Å². The summed E-state index contributed by atoms with van der Waals surface area (Å²) >= 11 is 5.79. The molecule has 78 valence electrons. The number of nitrogens with zero attached hydrogens (tertiary/aromatic N) is 1. The fraction of sp³-hybridized carbons (Fsp3) is 0.111. The summed E-state index contributed by atoms with van der Waals surface area (Å²) in [6.07, 6.45) is 0. The predicted molar refractivity (Wildman–Crippen MR) is 56.2 cm³/mol. The van der Waals surface area contributed by atoms with Crippen LogP contribution in [-0.2, 0) is 0 Å². The second-order valence-corrected chi connectivity index (χ2v) is 3.40. The lowest BCUT2D eigenvalue weighted by Crippen LogP contribution is -2.26. The molecule has 0 fully saturated rings. The zero-order chi connectivity index (χ0) is 10.8. The topological polar surface area (TPSA) is 76.7 Å². The largest absolute Gasteiger partial charge is 0.486 e. The van der Waals surface area contributed by atoms with E-state index >= 15 is 0 Å². The molecule has 1 aliphatic heterocycles. The number of carbonyl (C=O) groups is 1. The Morgan fingerprint density at radius 2 is 2.40 bits per heavy atom. The Morgan fingerprint density at radius 3 is 3.13 bits per heavy atom. The van der Waals surface area contributed by atoms with E-state index in [0.717, 1.165) is 5.56 Å². The molecule has 3 N–H and O–H groups in total. The Hall–Kier alpha value is -1.75. The van der Waals surface area contributed by atoms with Gasteiger partial charge in [-0.2, -0.15) is 5.10 Å². The van der Waals surface area contributed by atoms with E-state index in [1.54, 1.807) is 18.2 Å². The van der Waals surface area contributed by atoms with Gasteiger partial charge in [0.2, 0.25) is 0 Å². The van der Waals surface area contributed by atoms with Crippen LogP contribution in [0.5, 0.6) is 5.75 Å². The van der Waals surface area contributed by atoms with E-state index in [1.165, 1.54) is 0 Å². The van der Waals surface area contributed by atoms with E-state index in [2.05, 4.69) is 10.5 Å². The second kappa shape index (κ2) is 3.78. The summed E-state index contributed by atoms with van der Waals surface area (Å²) < 4.78 is 5.32. The first-order chi connectivity index (χ1) is 7.16. The van der Waals surface area contributed by atoms with E-state index in [4.69, 9.17) is 22.1 Å². The number of ether oxygens (including phenoxy) is 1. The molecular weight excluding hydrogens is 218 g/mol. The van der Waals surface area contributed by atoms with Crippen LogP contribution in [0.25, 0.3) is 0 Å². The molecule has 0 bridgehead atoms. The Balaban J connectivity index is 2.28. The number of carbonyl (C=O) groups excluding carboxylic acids is 1. The van der Waals surface area contributed by atoms with Crippen molar-refractivity contribution < 1.29 is 9.53 Å². The Labute approximate surface area is 90.9 Å². The van der Waals surface area contributed by atoms with E-state index < -0.39 is 6.03 Å². The highest BCUT2D eigenvalue weighted by molar-refractivity contribution is 6.31. The lowest BCUT2D eigenvalue weighted by atomic mass is 10.1. The van der Waals surface area contributed by atoms with Gasteiger partial charge < -0.3 is 10.5 Å². The van der Waals surface area contributed by atoms with Gasteiger partial charge in [0.25, 0.3) is 0 Å². The molecule has 0 saturated carbocycles. The minimum Gasteiger partial charge on any atom is -0.486 e. The van der Waals surface area contributed by atoms with Crippen molar-refractivity contribution in [3.63, 3.8) is 0 Å². The number of hydrazone groups is 1. The summed E-state index contributed by atoms with van der Waals surface area (Å²) in [6.45, 7) is 0.302. The standard InChI is InChI=1S/C9H8ClN3O2/c10-5-1-2-6-7(12-13-9(11)14)4-15-8(6)3-5/h1-3H,4H2,(H3,11,13,14). The maximum Gasteiger partial charge on any atom is 0.332 e. The highest BCUT2D eigenvalue weighted by atomic mass is 35.5. The van der Waals surface area contributed by atoms with Crippen molar-refractivity contribution in [2.45, 2.75) is 0 Å². The minimum absolute atomic E-state index is 0.302. The van der Waals surface area contributed by atoms with Gasteiger partial charge in [-0.05, 0) is 18.2 Å². The van der Waals surface area contributed by atoms with Crippen LogP contribution < -0.4 is 15.9 Å². The lowest BCUT2D eigenvalue weighted by molar-refractivity contribution is 0.249. The average Bonchev–Trinajstić information content (AvgIpc) is 2.57. The summed E-state index contributed by atoms with van der Waals surface area (Å²) in [7, 11) is 0. The molecule has 1 aromatic carbocycles. The van der Waals surface area contributed by atoms with Crippen LogP contribution in [0.4, 0.5) is 4.79 Å².